The third-order valence-electron chi connectivity index (χ3n) is 2.62. The lowest BCUT2D eigenvalue weighted by molar-refractivity contribution is 0.0180. The predicted molar refractivity (Wildman–Crippen MR) is 65.5 cm³/mol. The molecule has 2 aromatic rings. The molecular formula is C11H14N2O2S. The number of benzene rings is 1. The third-order valence-corrected chi connectivity index (χ3v) is 2.88. The molecule has 0 bridgehead atoms. The first-order chi connectivity index (χ1) is 7.74. The summed E-state index contributed by atoms with van der Waals surface area (Å²) in [6, 6.07) is 5.52. The highest BCUT2D eigenvalue weighted by Gasteiger charge is 2.20. The number of hydrogen-bond donors (Lipinski definition) is 4. The van der Waals surface area contributed by atoms with Gasteiger partial charge in [0.15, 0.2) is 0 Å². The summed E-state index contributed by atoms with van der Waals surface area (Å²) in [5.74, 6) is 0.539. The maximum Gasteiger partial charge on any atom is 0.107 e. The van der Waals surface area contributed by atoms with Gasteiger partial charge in [-0.25, -0.2) is 0 Å². The van der Waals surface area contributed by atoms with Crippen LogP contribution in [-0.2, 0) is 0 Å². The Morgan fingerprint density at radius 2 is 2.19 bits per heavy atom. The maximum atomic E-state index is 10.0. The Kier molecular flexibility index (Phi) is 3.48. The minimum atomic E-state index is -0.906. The average Bonchev–Trinajstić information content (AvgIpc) is 2.76. The molecule has 0 aliphatic carbocycles. The van der Waals surface area contributed by atoms with E-state index in [1.807, 2.05) is 12.1 Å². The molecule has 0 aliphatic heterocycles. The summed E-state index contributed by atoms with van der Waals surface area (Å²) in [4.78, 5) is 0. The molecule has 1 aromatic carbocycles. The lowest BCUT2D eigenvalue weighted by Gasteiger charge is -2.17. The largest absolute Gasteiger partial charge is 0.390 e. The summed E-state index contributed by atoms with van der Waals surface area (Å²) in [6.45, 7) is 0. The van der Waals surface area contributed by atoms with E-state index in [0.29, 0.717) is 17.7 Å². The highest BCUT2D eigenvalue weighted by Crippen LogP contribution is 2.25. The Morgan fingerprint density at radius 3 is 2.94 bits per heavy atom. The van der Waals surface area contributed by atoms with Gasteiger partial charge in [0.05, 0.1) is 17.8 Å². The first kappa shape index (κ1) is 11.4. The van der Waals surface area contributed by atoms with Gasteiger partial charge in [-0.05, 0) is 12.2 Å². The summed E-state index contributed by atoms with van der Waals surface area (Å²) in [6.07, 6.45) is 0.438. The number of aliphatic hydroxyl groups excluding tert-OH is 2. The molecular weight excluding hydrogens is 224 g/mol. The normalized spacial score (nSPS) is 15.2. The van der Waals surface area contributed by atoms with E-state index in [2.05, 4.69) is 22.8 Å². The van der Waals surface area contributed by atoms with E-state index >= 15 is 0 Å². The van der Waals surface area contributed by atoms with Crippen LogP contribution in [0.15, 0.2) is 24.4 Å². The first-order valence-corrected chi connectivity index (χ1v) is 5.76. The van der Waals surface area contributed by atoms with Gasteiger partial charge in [-0.15, -0.1) is 0 Å². The van der Waals surface area contributed by atoms with Crippen LogP contribution in [0.5, 0.6) is 0 Å². The third kappa shape index (κ3) is 2.07. The van der Waals surface area contributed by atoms with Gasteiger partial charge < -0.3 is 10.2 Å². The zero-order valence-corrected chi connectivity index (χ0v) is 9.56. The van der Waals surface area contributed by atoms with Crippen molar-refractivity contribution in [2.24, 2.45) is 0 Å². The molecule has 0 saturated heterocycles. The quantitative estimate of drug-likeness (QED) is 0.606. The minimum Gasteiger partial charge on any atom is -0.390 e. The molecule has 0 amide bonds. The number of aliphatic hydroxyl groups is 2. The highest BCUT2D eigenvalue weighted by molar-refractivity contribution is 7.80. The van der Waals surface area contributed by atoms with E-state index in [1.165, 1.54) is 0 Å². The van der Waals surface area contributed by atoms with E-state index in [1.54, 1.807) is 12.3 Å². The van der Waals surface area contributed by atoms with Crippen LogP contribution in [0.4, 0.5) is 0 Å². The number of hydrogen-bond acceptors (Lipinski definition) is 4. The van der Waals surface area contributed by atoms with E-state index in [-0.39, 0.29) is 0 Å². The average molecular weight is 238 g/mol. The molecule has 16 heavy (non-hydrogen) atoms. The van der Waals surface area contributed by atoms with E-state index < -0.39 is 12.2 Å². The van der Waals surface area contributed by atoms with Crippen molar-refractivity contribution in [3.63, 3.8) is 0 Å². The van der Waals surface area contributed by atoms with Crippen LogP contribution in [0.3, 0.4) is 0 Å². The number of thiol groups is 1. The Hall–Kier alpha value is -1.04. The molecule has 4 nitrogen and oxygen atoms in total. The summed E-state index contributed by atoms with van der Waals surface area (Å²) in [5, 5.41) is 27.4. The van der Waals surface area contributed by atoms with Crippen LogP contribution in [0.25, 0.3) is 10.9 Å². The van der Waals surface area contributed by atoms with Crippen molar-refractivity contribution in [3.05, 3.63) is 30.0 Å². The van der Waals surface area contributed by atoms with Gasteiger partial charge in [0.25, 0.3) is 0 Å². The lowest BCUT2D eigenvalue weighted by atomic mass is 10.0. The van der Waals surface area contributed by atoms with Gasteiger partial charge in [-0.2, -0.15) is 17.7 Å². The lowest BCUT2D eigenvalue weighted by Crippen LogP contribution is -2.18. The molecule has 86 valence electrons. The predicted octanol–water partition coefficient (Wildman–Crippen LogP) is 1.28. The molecule has 0 fully saturated rings. The molecule has 5 heteroatoms. The fraction of sp³-hybridized carbons (Fsp3) is 0.364. The monoisotopic (exact) mass is 238 g/mol. The standard InChI is InChI=1S/C11H14N2O2S/c14-9(4-5-16)11(15)8-3-1-2-7-6-12-13-10(7)8/h1-3,6,9,11,14-16H,4-5H2,(H,12,13). The van der Waals surface area contributed by atoms with Crippen LogP contribution in [0, 0.1) is 0 Å². The Morgan fingerprint density at radius 1 is 1.38 bits per heavy atom. The van der Waals surface area contributed by atoms with E-state index in [9.17, 15) is 10.2 Å². The molecule has 1 heterocycles. The van der Waals surface area contributed by atoms with Crippen molar-refractivity contribution < 1.29 is 10.2 Å². The maximum absolute atomic E-state index is 10.0. The molecule has 2 rings (SSSR count). The zero-order valence-electron chi connectivity index (χ0n) is 8.67. The molecule has 2 atom stereocenters. The smallest absolute Gasteiger partial charge is 0.107 e. The number of fused-ring (bicyclic) bond motifs is 1. The Bertz CT molecular complexity index is 472. The zero-order chi connectivity index (χ0) is 11.5. The molecule has 2 unspecified atom stereocenters. The Labute approximate surface area is 98.7 Å². The fourth-order valence-electron chi connectivity index (χ4n) is 1.74. The number of nitrogens with zero attached hydrogens (tertiary/aromatic N) is 1. The second-order valence-corrected chi connectivity index (χ2v) is 4.15. The second kappa shape index (κ2) is 4.86. The molecule has 0 aliphatic rings. The van der Waals surface area contributed by atoms with Gasteiger partial charge in [0, 0.05) is 10.9 Å². The van der Waals surface area contributed by atoms with Gasteiger partial charge in [-0.3, -0.25) is 5.10 Å². The molecule has 3 N–H and O–H groups in total. The van der Waals surface area contributed by atoms with Crippen molar-refractivity contribution in [2.45, 2.75) is 18.6 Å². The Balaban J connectivity index is 2.35. The summed E-state index contributed by atoms with van der Waals surface area (Å²) in [7, 11) is 0. The van der Waals surface area contributed by atoms with Crippen LogP contribution >= 0.6 is 12.6 Å². The summed E-state index contributed by atoms with van der Waals surface area (Å²) in [5.41, 5.74) is 1.44. The topological polar surface area (TPSA) is 69.1 Å². The van der Waals surface area contributed by atoms with Crippen molar-refractivity contribution in [1.82, 2.24) is 10.2 Å². The van der Waals surface area contributed by atoms with Crippen LogP contribution < -0.4 is 0 Å². The number of para-hydroxylation sites is 1. The van der Waals surface area contributed by atoms with Crippen LogP contribution in [-0.4, -0.2) is 32.3 Å². The SMILES string of the molecule is OC(CCS)C(O)c1cccc2cn[nH]c12. The summed E-state index contributed by atoms with van der Waals surface area (Å²) < 4.78 is 0. The van der Waals surface area contributed by atoms with Gasteiger partial charge in [0.1, 0.15) is 6.10 Å². The fourth-order valence-corrected chi connectivity index (χ4v) is 2.00. The second-order valence-electron chi connectivity index (χ2n) is 3.71. The van der Waals surface area contributed by atoms with Gasteiger partial charge in [0.2, 0.25) is 0 Å². The van der Waals surface area contributed by atoms with Crippen molar-refractivity contribution in [2.75, 3.05) is 5.75 Å². The molecule has 0 saturated carbocycles. The van der Waals surface area contributed by atoms with Gasteiger partial charge in [-0.1, -0.05) is 18.2 Å². The minimum absolute atomic E-state index is 0.453. The highest BCUT2D eigenvalue weighted by atomic mass is 32.1. The number of H-pyrrole nitrogens is 1. The molecule has 0 spiro atoms. The van der Waals surface area contributed by atoms with Crippen molar-refractivity contribution in [1.29, 1.82) is 0 Å². The number of nitrogens with one attached hydrogen (secondary N) is 1. The molecule has 0 radical (unpaired) electrons. The van der Waals surface area contributed by atoms with E-state index in [4.69, 9.17) is 0 Å². The number of aromatic nitrogens is 2. The summed E-state index contributed by atoms with van der Waals surface area (Å²) >= 11 is 4.04. The van der Waals surface area contributed by atoms with Crippen LogP contribution in [0.1, 0.15) is 18.1 Å². The number of aromatic amines is 1. The van der Waals surface area contributed by atoms with Crippen molar-refractivity contribution in [3.8, 4) is 0 Å². The molecule has 1 aromatic heterocycles. The first-order valence-electron chi connectivity index (χ1n) is 5.13. The van der Waals surface area contributed by atoms with E-state index in [0.717, 1.165) is 10.9 Å². The number of rotatable bonds is 4. The van der Waals surface area contributed by atoms with Gasteiger partial charge >= 0.3 is 0 Å². The van der Waals surface area contributed by atoms with Crippen molar-refractivity contribution >= 4 is 23.5 Å². The van der Waals surface area contributed by atoms with Crippen LogP contribution in [0.2, 0.25) is 0 Å².